The fourth-order valence-electron chi connectivity index (χ4n) is 1.96. The van der Waals surface area contributed by atoms with Crippen LogP contribution >= 0.6 is 11.6 Å². The Morgan fingerprint density at radius 1 is 1.39 bits per heavy atom. The van der Waals surface area contributed by atoms with Gasteiger partial charge in [0.1, 0.15) is 5.82 Å². The lowest BCUT2D eigenvalue weighted by Gasteiger charge is -2.28. The molecular formula is C14H21ClFNO. The summed E-state index contributed by atoms with van der Waals surface area (Å²) in [6, 6.07) is 5.04. The number of ether oxygens (including phenoxy) is 1. The molecule has 0 bridgehead atoms. The molecule has 0 atom stereocenters. The van der Waals surface area contributed by atoms with Gasteiger partial charge in [-0.05, 0) is 17.5 Å². The second-order valence-electron chi connectivity index (χ2n) is 4.71. The van der Waals surface area contributed by atoms with Gasteiger partial charge in [-0.15, -0.1) is 11.6 Å². The first-order valence-electron chi connectivity index (χ1n) is 6.17. The van der Waals surface area contributed by atoms with Crippen LogP contribution in [0.15, 0.2) is 18.2 Å². The summed E-state index contributed by atoms with van der Waals surface area (Å²) in [5, 5.41) is 0. The fraction of sp³-hybridized carbons (Fsp3) is 0.571. The smallest absolute Gasteiger partial charge is 0.146 e. The number of rotatable bonds is 7. The molecular weight excluding hydrogens is 253 g/mol. The van der Waals surface area contributed by atoms with Crippen molar-refractivity contribution >= 4 is 17.3 Å². The third-order valence-corrected chi connectivity index (χ3v) is 2.97. The second-order valence-corrected chi connectivity index (χ2v) is 4.98. The van der Waals surface area contributed by atoms with E-state index >= 15 is 0 Å². The lowest BCUT2D eigenvalue weighted by molar-refractivity contribution is 0.204. The summed E-state index contributed by atoms with van der Waals surface area (Å²) in [6.07, 6.45) is 0. The fourth-order valence-corrected chi connectivity index (χ4v) is 2.17. The lowest BCUT2D eigenvalue weighted by Crippen LogP contribution is -2.32. The van der Waals surface area contributed by atoms with Gasteiger partial charge in [-0.25, -0.2) is 4.39 Å². The van der Waals surface area contributed by atoms with Crippen molar-refractivity contribution in [3.63, 3.8) is 0 Å². The second kappa shape index (κ2) is 7.59. The molecule has 0 aliphatic carbocycles. The van der Waals surface area contributed by atoms with Crippen molar-refractivity contribution in [2.75, 3.05) is 31.7 Å². The number of hydrogen-bond donors (Lipinski definition) is 0. The average Bonchev–Trinajstić information content (AvgIpc) is 2.34. The molecule has 0 saturated carbocycles. The van der Waals surface area contributed by atoms with Crippen molar-refractivity contribution in [2.45, 2.75) is 19.7 Å². The number of nitrogens with zero attached hydrogens (tertiary/aromatic N) is 1. The van der Waals surface area contributed by atoms with Crippen molar-refractivity contribution in [1.29, 1.82) is 0 Å². The summed E-state index contributed by atoms with van der Waals surface area (Å²) in [5.41, 5.74) is 1.44. The minimum absolute atomic E-state index is 0.218. The Morgan fingerprint density at radius 3 is 2.67 bits per heavy atom. The Labute approximate surface area is 114 Å². The Bertz CT molecular complexity index is 371. The SMILES string of the molecule is COCCN(CC(C)C)c1c(F)cccc1CCl. The van der Waals surface area contributed by atoms with Gasteiger partial charge in [0.15, 0.2) is 0 Å². The van der Waals surface area contributed by atoms with Crippen molar-refractivity contribution < 1.29 is 9.13 Å². The van der Waals surface area contributed by atoms with Gasteiger partial charge in [-0.1, -0.05) is 26.0 Å². The van der Waals surface area contributed by atoms with Gasteiger partial charge >= 0.3 is 0 Å². The number of methoxy groups -OCH3 is 1. The summed E-state index contributed by atoms with van der Waals surface area (Å²) in [6.45, 7) is 6.25. The van der Waals surface area contributed by atoms with Crippen molar-refractivity contribution in [2.24, 2.45) is 5.92 Å². The summed E-state index contributed by atoms with van der Waals surface area (Å²) in [7, 11) is 1.65. The molecule has 2 nitrogen and oxygen atoms in total. The molecule has 0 heterocycles. The van der Waals surface area contributed by atoms with Gasteiger partial charge in [0.05, 0.1) is 12.3 Å². The first-order valence-corrected chi connectivity index (χ1v) is 6.70. The molecule has 1 rings (SSSR count). The molecule has 0 spiro atoms. The highest BCUT2D eigenvalue weighted by Gasteiger charge is 2.16. The number of benzene rings is 1. The van der Waals surface area contributed by atoms with Crippen molar-refractivity contribution in [3.05, 3.63) is 29.6 Å². The van der Waals surface area contributed by atoms with Crippen LogP contribution in [0, 0.1) is 11.7 Å². The van der Waals surface area contributed by atoms with Crippen LogP contribution in [0.2, 0.25) is 0 Å². The highest BCUT2D eigenvalue weighted by Crippen LogP contribution is 2.26. The van der Waals surface area contributed by atoms with Crippen LogP contribution in [-0.4, -0.2) is 26.8 Å². The molecule has 0 amide bonds. The van der Waals surface area contributed by atoms with E-state index in [2.05, 4.69) is 13.8 Å². The van der Waals surface area contributed by atoms with E-state index in [1.807, 2.05) is 11.0 Å². The molecule has 0 aliphatic heterocycles. The van der Waals surface area contributed by atoms with E-state index in [0.717, 1.165) is 12.1 Å². The predicted octanol–water partition coefficient (Wildman–Crippen LogP) is 3.67. The molecule has 0 fully saturated rings. The normalized spacial score (nSPS) is 11.0. The average molecular weight is 274 g/mol. The minimum atomic E-state index is -0.218. The van der Waals surface area contributed by atoms with Gasteiger partial charge in [0.2, 0.25) is 0 Å². The van der Waals surface area contributed by atoms with E-state index in [1.54, 1.807) is 13.2 Å². The number of anilines is 1. The van der Waals surface area contributed by atoms with Gasteiger partial charge in [-0.2, -0.15) is 0 Å². The molecule has 0 aliphatic rings. The van der Waals surface area contributed by atoms with E-state index in [1.165, 1.54) is 6.07 Å². The Balaban J connectivity index is 3.02. The van der Waals surface area contributed by atoms with Crippen LogP contribution in [0.4, 0.5) is 10.1 Å². The molecule has 0 N–H and O–H groups in total. The Morgan fingerprint density at radius 2 is 2.11 bits per heavy atom. The number of hydrogen-bond acceptors (Lipinski definition) is 2. The maximum atomic E-state index is 14.0. The zero-order valence-corrected chi connectivity index (χ0v) is 12.0. The number of halogens is 2. The van der Waals surface area contributed by atoms with E-state index < -0.39 is 0 Å². The first-order chi connectivity index (χ1) is 8.60. The van der Waals surface area contributed by atoms with Gasteiger partial charge < -0.3 is 9.64 Å². The molecule has 1 aromatic rings. The molecule has 0 aromatic heterocycles. The molecule has 4 heteroatoms. The maximum Gasteiger partial charge on any atom is 0.146 e. The van der Waals surface area contributed by atoms with E-state index in [-0.39, 0.29) is 5.82 Å². The van der Waals surface area contributed by atoms with E-state index in [0.29, 0.717) is 30.6 Å². The monoisotopic (exact) mass is 273 g/mol. The highest BCUT2D eigenvalue weighted by molar-refractivity contribution is 6.17. The summed E-state index contributed by atoms with van der Waals surface area (Å²) in [5.74, 6) is 0.545. The third kappa shape index (κ3) is 4.14. The topological polar surface area (TPSA) is 12.5 Å². The minimum Gasteiger partial charge on any atom is -0.383 e. The number of para-hydroxylation sites is 1. The van der Waals surface area contributed by atoms with Crippen LogP contribution in [0.1, 0.15) is 19.4 Å². The lowest BCUT2D eigenvalue weighted by atomic mass is 10.1. The molecule has 0 unspecified atom stereocenters. The van der Waals surface area contributed by atoms with Crippen LogP contribution in [0.3, 0.4) is 0 Å². The predicted molar refractivity (Wildman–Crippen MR) is 74.9 cm³/mol. The summed E-state index contributed by atoms with van der Waals surface area (Å²) < 4.78 is 19.1. The van der Waals surface area contributed by atoms with Crippen LogP contribution in [0.25, 0.3) is 0 Å². The van der Waals surface area contributed by atoms with Crippen LogP contribution in [0.5, 0.6) is 0 Å². The largest absolute Gasteiger partial charge is 0.383 e. The zero-order valence-electron chi connectivity index (χ0n) is 11.2. The Hall–Kier alpha value is -0.800. The molecule has 0 saturated heterocycles. The quantitative estimate of drug-likeness (QED) is 0.703. The van der Waals surface area contributed by atoms with Gasteiger partial charge in [0.25, 0.3) is 0 Å². The van der Waals surface area contributed by atoms with Crippen LogP contribution < -0.4 is 4.90 Å². The van der Waals surface area contributed by atoms with E-state index in [4.69, 9.17) is 16.3 Å². The highest BCUT2D eigenvalue weighted by atomic mass is 35.5. The maximum absolute atomic E-state index is 14.0. The zero-order chi connectivity index (χ0) is 13.5. The Kier molecular flexibility index (Phi) is 6.44. The number of alkyl halides is 1. The van der Waals surface area contributed by atoms with Crippen molar-refractivity contribution in [3.8, 4) is 0 Å². The standard InChI is InChI=1S/C14H21ClFNO/c1-11(2)10-17(7-8-18-3)14-12(9-15)5-4-6-13(14)16/h4-6,11H,7-10H2,1-3H3. The third-order valence-electron chi connectivity index (χ3n) is 2.68. The molecule has 0 radical (unpaired) electrons. The van der Waals surface area contributed by atoms with E-state index in [9.17, 15) is 4.39 Å². The molecule has 102 valence electrons. The van der Waals surface area contributed by atoms with Crippen molar-refractivity contribution in [1.82, 2.24) is 0 Å². The van der Waals surface area contributed by atoms with Gasteiger partial charge in [0, 0.05) is 26.1 Å². The molecule has 18 heavy (non-hydrogen) atoms. The van der Waals surface area contributed by atoms with Gasteiger partial charge in [-0.3, -0.25) is 0 Å². The first kappa shape index (κ1) is 15.3. The summed E-state index contributed by atoms with van der Waals surface area (Å²) in [4.78, 5) is 2.02. The summed E-state index contributed by atoms with van der Waals surface area (Å²) >= 11 is 5.89. The van der Waals surface area contributed by atoms with Crippen LogP contribution in [-0.2, 0) is 10.6 Å². The molecule has 1 aromatic carbocycles.